The molecule has 0 aliphatic rings. The first-order chi connectivity index (χ1) is 14.1. The third-order valence-electron chi connectivity index (χ3n) is 4.97. The van der Waals surface area contributed by atoms with Crippen LogP contribution in [-0.4, -0.2) is 12.3 Å². The zero-order chi connectivity index (χ0) is 20.6. The lowest BCUT2D eigenvalue weighted by Crippen LogP contribution is -2.08. The third-order valence-corrected chi connectivity index (χ3v) is 5.14. The Labute approximate surface area is 175 Å². The lowest BCUT2D eigenvalue weighted by atomic mass is 9.97. The summed E-state index contributed by atoms with van der Waals surface area (Å²) in [6.45, 7) is 4.50. The third kappa shape index (κ3) is 5.92. The predicted octanol–water partition coefficient (Wildman–Crippen LogP) is 6.37. The largest absolute Gasteiger partial charge is 0.490 e. The Balaban J connectivity index is 1.63. The molecule has 0 fully saturated rings. The summed E-state index contributed by atoms with van der Waals surface area (Å²) in [5, 5.41) is 0. The summed E-state index contributed by atoms with van der Waals surface area (Å²) in [7, 11) is 2.49. The van der Waals surface area contributed by atoms with Gasteiger partial charge in [0, 0.05) is 0 Å². The second-order valence-corrected chi connectivity index (χ2v) is 7.50. The van der Waals surface area contributed by atoms with Crippen LogP contribution in [-0.2, 0) is 6.42 Å². The molecule has 0 saturated heterocycles. The highest BCUT2D eigenvalue weighted by molar-refractivity contribution is 7.16. The molecule has 29 heavy (non-hydrogen) atoms. The number of rotatable bonds is 8. The fourth-order valence-corrected chi connectivity index (χ4v) is 3.24. The van der Waals surface area contributed by atoms with E-state index in [0.29, 0.717) is 23.6 Å². The lowest BCUT2D eigenvalue weighted by molar-refractivity contribution is 0.0734. The van der Waals surface area contributed by atoms with Crippen molar-refractivity contribution in [2.24, 2.45) is 5.92 Å². The van der Waals surface area contributed by atoms with Gasteiger partial charge in [0.2, 0.25) is 0 Å². The van der Waals surface area contributed by atoms with Gasteiger partial charge >= 0.3 is 5.97 Å². The molecule has 2 unspecified atom stereocenters. The Bertz CT molecular complexity index is 916. The van der Waals surface area contributed by atoms with Crippen LogP contribution in [0.25, 0.3) is 11.1 Å². The lowest BCUT2D eigenvalue weighted by Gasteiger charge is -2.10. The minimum Gasteiger partial charge on any atom is -0.490 e. The van der Waals surface area contributed by atoms with Crippen molar-refractivity contribution < 1.29 is 14.3 Å². The predicted molar refractivity (Wildman–Crippen MR) is 122 cm³/mol. The maximum atomic E-state index is 12.3. The van der Waals surface area contributed by atoms with Crippen molar-refractivity contribution in [1.29, 1.82) is 0 Å². The molecular weight excluding hydrogens is 379 g/mol. The average Bonchev–Trinajstić information content (AvgIpc) is 2.75. The summed E-state index contributed by atoms with van der Waals surface area (Å²) in [6, 6.07) is 23.2. The van der Waals surface area contributed by atoms with Gasteiger partial charge in [-0.3, -0.25) is 0 Å². The summed E-state index contributed by atoms with van der Waals surface area (Å²) in [5.74, 6) is 1.56. The molecule has 4 heteroatoms. The van der Waals surface area contributed by atoms with E-state index in [2.05, 4.69) is 47.4 Å². The van der Waals surface area contributed by atoms with Crippen LogP contribution in [0.4, 0.5) is 0 Å². The van der Waals surface area contributed by atoms with Gasteiger partial charge in [-0.05, 0) is 65.4 Å². The van der Waals surface area contributed by atoms with E-state index in [1.54, 1.807) is 24.3 Å². The number of benzene rings is 3. The molecule has 0 amide bonds. The molecule has 3 rings (SSSR count). The number of hydrogen-bond donors (Lipinski definition) is 0. The van der Waals surface area contributed by atoms with E-state index >= 15 is 0 Å². The molecular formula is C25H27O3P. The van der Waals surface area contributed by atoms with Gasteiger partial charge < -0.3 is 9.47 Å². The van der Waals surface area contributed by atoms with Gasteiger partial charge in [0.25, 0.3) is 0 Å². The molecule has 0 aliphatic heterocycles. The molecule has 3 nitrogen and oxygen atoms in total. The van der Waals surface area contributed by atoms with Crippen molar-refractivity contribution in [2.45, 2.75) is 26.7 Å². The fourth-order valence-electron chi connectivity index (χ4n) is 3.04. The van der Waals surface area contributed by atoms with E-state index in [4.69, 9.17) is 9.47 Å². The number of carbonyl (C=O) groups is 1. The van der Waals surface area contributed by atoms with Crippen molar-refractivity contribution in [3.8, 4) is 22.6 Å². The minimum atomic E-state index is -0.385. The van der Waals surface area contributed by atoms with E-state index < -0.39 is 0 Å². The number of ether oxygens (including phenoxy) is 2. The van der Waals surface area contributed by atoms with Crippen LogP contribution in [0.1, 0.15) is 36.2 Å². The Morgan fingerprint density at radius 1 is 0.862 bits per heavy atom. The van der Waals surface area contributed by atoms with Crippen LogP contribution in [0.15, 0.2) is 72.8 Å². The summed E-state index contributed by atoms with van der Waals surface area (Å²) in [4.78, 5) is 12.3. The molecule has 0 aliphatic carbocycles. The highest BCUT2D eigenvalue weighted by Gasteiger charge is 2.09. The van der Waals surface area contributed by atoms with E-state index in [1.807, 2.05) is 24.3 Å². The molecule has 0 spiro atoms. The molecule has 0 heterocycles. The normalized spacial score (nSPS) is 11.7. The Morgan fingerprint density at radius 2 is 1.41 bits per heavy atom. The van der Waals surface area contributed by atoms with Crippen LogP contribution in [0.3, 0.4) is 0 Å². The first-order valence-corrected chi connectivity index (χ1v) is 10.7. The van der Waals surface area contributed by atoms with Gasteiger partial charge in [-0.1, -0.05) is 65.9 Å². The standard InChI is InChI=1S/C25H27O3P/c1-3-18(2)16-19-4-6-20(7-5-19)21-8-14-24(15-9-21)28-25(26)22-10-12-23(13-11-22)27-17-29/h4-15,18H,3,16-17,29H2,1-2H3. The highest BCUT2D eigenvalue weighted by atomic mass is 31.0. The summed E-state index contributed by atoms with van der Waals surface area (Å²) in [5.41, 5.74) is 4.10. The molecule has 3 aromatic carbocycles. The van der Waals surface area contributed by atoms with E-state index in [1.165, 1.54) is 12.0 Å². The topological polar surface area (TPSA) is 35.5 Å². The Morgan fingerprint density at radius 3 is 1.97 bits per heavy atom. The number of esters is 1. The van der Waals surface area contributed by atoms with Crippen molar-refractivity contribution >= 4 is 15.2 Å². The molecule has 2 atom stereocenters. The maximum Gasteiger partial charge on any atom is 0.343 e. The van der Waals surface area contributed by atoms with Crippen LogP contribution in [0.5, 0.6) is 11.5 Å². The van der Waals surface area contributed by atoms with Crippen LogP contribution in [0, 0.1) is 5.92 Å². The first kappa shape index (κ1) is 21.1. The number of hydrogen-bond acceptors (Lipinski definition) is 3. The molecule has 0 saturated carbocycles. The molecule has 0 N–H and O–H groups in total. The van der Waals surface area contributed by atoms with Gasteiger partial charge in [-0.25, -0.2) is 4.79 Å². The van der Waals surface area contributed by atoms with Gasteiger partial charge in [-0.2, -0.15) is 0 Å². The van der Waals surface area contributed by atoms with E-state index in [0.717, 1.165) is 23.3 Å². The molecule has 150 valence electrons. The monoisotopic (exact) mass is 406 g/mol. The summed E-state index contributed by atoms with van der Waals surface area (Å²) < 4.78 is 10.8. The molecule has 3 aromatic rings. The van der Waals surface area contributed by atoms with Crippen LogP contribution >= 0.6 is 9.24 Å². The zero-order valence-corrected chi connectivity index (χ0v) is 18.1. The summed E-state index contributed by atoms with van der Waals surface area (Å²) in [6.07, 6.45) is 2.81. The quantitative estimate of drug-likeness (QED) is 0.248. The van der Waals surface area contributed by atoms with Gasteiger partial charge in [0.1, 0.15) is 17.8 Å². The van der Waals surface area contributed by atoms with Crippen molar-refractivity contribution in [2.75, 3.05) is 6.35 Å². The molecule has 0 bridgehead atoms. The van der Waals surface area contributed by atoms with Crippen molar-refractivity contribution in [3.63, 3.8) is 0 Å². The Hall–Kier alpha value is -2.64. The van der Waals surface area contributed by atoms with E-state index in [-0.39, 0.29) is 5.97 Å². The van der Waals surface area contributed by atoms with Gasteiger partial charge in [0.05, 0.1) is 5.56 Å². The summed E-state index contributed by atoms with van der Waals surface area (Å²) >= 11 is 0. The Kier molecular flexibility index (Phi) is 7.43. The fraction of sp³-hybridized carbons (Fsp3) is 0.240. The SMILES string of the molecule is CCC(C)Cc1ccc(-c2ccc(OC(=O)c3ccc(OCP)cc3)cc2)cc1. The molecule has 0 aromatic heterocycles. The second-order valence-electron chi connectivity index (χ2n) is 7.16. The maximum absolute atomic E-state index is 12.3. The average molecular weight is 406 g/mol. The highest BCUT2D eigenvalue weighted by Crippen LogP contribution is 2.24. The zero-order valence-electron chi connectivity index (χ0n) is 16.9. The van der Waals surface area contributed by atoms with E-state index in [9.17, 15) is 4.79 Å². The number of carbonyl (C=O) groups excluding carboxylic acids is 1. The second kappa shape index (κ2) is 10.2. The molecule has 0 radical (unpaired) electrons. The van der Waals surface area contributed by atoms with Crippen LogP contribution in [0.2, 0.25) is 0 Å². The van der Waals surface area contributed by atoms with Gasteiger partial charge in [0.15, 0.2) is 0 Å². The van der Waals surface area contributed by atoms with Crippen LogP contribution < -0.4 is 9.47 Å². The minimum absolute atomic E-state index is 0.385. The first-order valence-electron chi connectivity index (χ1n) is 9.93. The van der Waals surface area contributed by atoms with Crippen molar-refractivity contribution in [1.82, 2.24) is 0 Å². The van der Waals surface area contributed by atoms with Gasteiger partial charge in [-0.15, -0.1) is 0 Å². The van der Waals surface area contributed by atoms with Crippen molar-refractivity contribution in [3.05, 3.63) is 83.9 Å². The smallest absolute Gasteiger partial charge is 0.343 e.